The molecule has 0 bridgehead atoms. The fraction of sp³-hybridized carbons (Fsp3) is 0.143. The van der Waals surface area contributed by atoms with E-state index in [1.807, 2.05) is 43.4 Å². The van der Waals surface area contributed by atoms with Crippen LogP contribution in [0.4, 0.5) is 0 Å². The lowest BCUT2D eigenvalue weighted by atomic mass is 10.2. The fourth-order valence-corrected chi connectivity index (χ4v) is 2.25. The minimum atomic E-state index is 0.605. The highest BCUT2D eigenvalue weighted by Gasteiger charge is 2.05. The first-order valence-electron chi connectivity index (χ1n) is 5.56. The van der Waals surface area contributed by atoms with Crippen LogP contribution in [0.15, 0.2) is 46.9 Å². The molecule has 0 aliphatic heterocycles. The van der Waals surface area contributed by atoms with Gasteiger partial charge in [0.15, 0.2) is 0 Å². The van der Waals surface area contributed by atoms with Gasteiger partial charge in [-0.15, -0.1) is 0 Å². The molecule has 0 saturated heterocycles. The molecule has 0 heterocycles. The molecule has 0 fully saturated rings. The Morgan fingerprint density at radius 3 is 2.67 bits per heavy atom. The molecule has 0 amide bonds. The Balaban J connectivity index is 2.20. The molecule has 0 atom stereocenters. The van der Waals surface area contributed by atoms with Gasteiger partial charge in [0.1, 0.15) is 11.5 Å². The third-order valence-electron chi connectivity index (χ3n) is 2.46. The molecular weight excluding hydrogens is 314 g/mol. The monoisotopic (exact) mass is 325 g/mol. The molecule has 0 radical (unpaired) electrons. The number of benzene rings is 2. The molecule has 2 nitrogen and oxygen atoms in total. The van der Waals surface area contributed by atoms with E-state index in [4.69, 9.17) is 16.3 Å². The summed E-state index contributed by atoms with van der Waals surface area (Å²) in [6.07, 6.45) is 0. The summed E-state index contributed by atoms with van der Waals surface area (Å²) in [6.45, 7) is 0.812. The summed E-state index contributed by atoms with van der Waals surface area (Å²) in [4.78, 5) is 0. The van der Waals surface area contributed by atoms with Crippen LogP contribution in [-0.2, 0) is 6.54 Å². The maximum absolute atomic E-state index is 6.05. The van der Waals surface area contributed by atoms with E-state index in [1.165, 1.54) is 5.56 Å². The highest BCUT2D eigenvalue weighted by molar-refractivity contribution is 9.10. The summed E-state index contributed by atoms with van der Waals surface area (Å²) in [5.74, 6) is 1.42. The van der Waals surface area contributed by atoms with Crippen molar-refractivity contribution in [3.05, 3.63) is 57.5 Å². The molecular formula is C14H13BrClNO. The number of para-hydroxylation sites is 1. The Morgan fingerprint density at radius 1 is 1.22 bits per heavy atom. The number of hydrogen-bond donors (Lipinski definition) is 1. The lowest BCUT2D eigenvalue weighted by Gasteiger charge is -2.09. The Hall–Kier alpha value is -1.03. The van der Waals surface area contributed by atoms with Crippen LogP contribution in [0.2, 0.25) is 5.02 Å². The predicted molar refractivity (Wildman–Crippen MR) is 78.4 cm³/mol. The van der Waals surface area contributed by atoms with Gasteiger partial charge in [-0.3, -0.25) is 0 Å². The van der Waals surface area contributed by atoms with E-state index in [2.05, 4.69) is 21.2 Å². The van der Waals surface area contributed by atoms with Crippen LogP contribution in [-0.4, -0.2) is 7.05 Å². The largest absolute Gasteiger partial charge is 0.456 e. The number of rotatable bonds is 4. The Kier molecular flexibility index (Phi) is 4.64. The lowest BCUT2D eigenvalue weighted by molar-refractivity contribution is 0.482. The predicted octanol–water partition coefficient (Wildman–Crippen LogP) is 4.61. The SMILES string of the molecule is CNCc1ccc(Oc2ccccc2Cl)cc1Br. The van der Waals surface area contributed by atoms with Gasteiger partial charge >= 0.3 is 0 Å². The Morgan fingerprint density at radius 2 is 2.00 bits per heavy atom. The second kappa shape index (κ2) is 6.23. The molecule has 4 heteroatoms. The first-order valence-corrected chi connectivity index (χ1v) is 6.73. The highest BCUT2D eigenvalue weighted by atomic mass is 79.9. The van der Waals surface area contributed by atoms with Crippen LogP contribution in [0.1, 0.15) is 5.56 Å². The van der Waals surface area contributed by atoms with E-state index in [0.717, 1.165) is 16.8 Å². The molecule has 0 spiro atoms. The minimum Gasteiger partial charge on any atom is -0.456 e. The smallest absolute Gasteiger partial charge is 0.146 e. The quantitative estimate of drug-likeness (QED) is 0.885. The normalized spacial score (nSPS) is 10.4. The summed E-state index contributed by atoms with van der Waals surface area (Å²) in [6, 6.07) is 13.3. The number of ether oxygens (including phenoxy) is 1. The molecule has 0 unspecified atom stereocenters. The van der Waals surface area contributed by atoms with Crippen LogP contribution in [0.3, 0.4) is 0 Å². The van der Waals surface area contributed by atoms with Gasteiger partial charge in [0.2, 0.25) is 0 Å². The zero-order valence-corrected chi connectivity index (χ0v) is 12.3. The highest BCUT2D eigenvalue weighted by Crippen LogP contribution is 2.31. The zero-order chi connectivity index (χ0) is 13.0. The molecule has 2 aromatic carbocycles. The molecule has 0 aliphatic rings. The Bertz CT molecular complexity index is 545. The van der Waals surface area contributed by atoms with E-state index in [9.17, 15) is 0 Å². The third kappa shape index (κ3) is 3.25. The van der Waals surface area contributed by atoms with E-state index < -0.39 is 0 Å². The lowest BCUT2D eigenvalue weighted by Crippen LogP contribution is -2.05. The third-order valence-corrected chi connectivity index (χ3v) is 3.51. The average Bonchev–Trinajstić information content (AvgIpc) is 2.36. The van der Waals surface area contributed by atoms with Crippen molar-refractivity contribution in [2.24, 2.45) is 0 Å². The van der Waals surface area contributed by atoms with Crippen molar-refractivity contribution in [2.45, 2.75) is 6.54 Å². The van der Waals surface area contributed by atoms with E-state index in [1.54, 1.807) is 6.07 Å². The van der Waals surface area contributed by atoms with Crippen molar-refractivity contribution in [2.75, 3.05) is 7.05 Å². The van der Waals surface area contributed by atoms with Gasteiger partial charge in [-0.1, -0.05) is 45.7 Å². The van der Waals surface area contributed by atoms with Gasteiger partial charge in [0, 0.05) is 11.0 Å². The van der Waals surface area contributed by atoms with Gasteiger partial charge in [0.25, 0.3) is 0 Å². The summed E-state index contributed by atoms with van der Waals surface area (Å²) >= 11 is 9.58. The summed E-state index contributed by atoms with van der Waals surface area (Å²) < 4.78 is 6.76. The first kappa shape index (κ1) is 13.4. The van der Waals surface area contributed by atoms with Crippen molar-refractivity contribution >= 4 is 27.5 Å². The molecule has 94 valence electrons. The van der Waals surface area contributed by atoms with E-state index >= 15 is 0 Å². The molecule has 0 aromatic heterocycles. The van der Waals surface area contributed by atoms with Crippen molar-refractivity contribution in [1.82, 2.24) is 5.32 Å². The maximum atomic E-state index is 6.05. The van der Waals surface area contributed by atoms with Gasteiger partial charge in [-0.2, -0.15) is 0 Å². The van der Waals surface area contributed by atoms with Crippen LogP contribution in [0.5, 0.6) is 11.5 Å². The second-order valence-corrected chi connectivity index (χ2v) is 5.08. The van der Waals surface area contributed by atoms with Crippen molar-refractivity contribution < 1.29 is 4.74 Å². The standard InChI is InChI=1S/C14H13BrClNO/c1-17-9-10-6-7-11(8-12(10)15)18-14-5-3-2-4-13(14)16/h2-8,17H,9H2,1H3. The maximum Gasteiger partial charge on any atom is 0.146 e. The zero-order valence-electron chi connectivity index (χ0n) is 9.91. The fourth-order valence-electron chi connectivity index (χ4n) is 1.58. The minimum absolute atomic E-state index is 0.605. The summed E-state index contributed by atoms with van der Waals surface area (Å²) in [7, 11) is 1.92. The summed E-state index contributed by atoms with van der Waals surface area (Å²) in [5, 5.41) is 3.72. The molecule has 0 aliphatic carbocycles. The van der Waals surface area contributed by atoms with Crippen LogP contribution in [0.25, 0.3) is 0 Å². The average molecular weight is 327 g/mol. The number of hydrogen-bond acceptors (Lipinski definition) is 2. The van der Waals surface area contributed by atoms with E-state index in [-0.39, 0.29) is 0 Å². The van der Waals surface area contributed by atoms with E-state index in [0.29, 0.717) is 10.8 Å². The van der Waals surface area contributed by atoms with Gasteiger partial charge in [0.05, 0.1) is 5.02 Å². The van der Waals surface area contributed by atoms with Crippen molar-refractivity contribution in [3.8, 4) is 11.5 Å². The van der Waals surface area contributed by atoms with Crippen LogP contribution in [0, 0.1) is 0 Å². The van der Waals surface area contributed by atoms with Gasteiger partial charge in [-0.05, 0) is 36.9 Å². The van der Waals surface area contributed by atoms with Crippen LogP contribution < -0.4 is 10.1 Å². The van der Waals surface area contributed by atoms with Crippen LogP contribution >= 0.6 is 27.5 Å². The molecule has 2 aromatic rings. The van der Waals surface area contributed by atoms with Gasteiger partial charge < -0.3 is 10.1 Å². The first-order chi connectivity index (χ1) is 8.70. The topological polar surface area (TPSA) is 21.3 Å². The second-order valence-electron chi connectivity index (χ2n) is 3.82. The molecule has 1 N–H and O–H groups in total. The van der Waals surface area contributed by atoms with Crippen molar-refractivity contribution in [1.29, 1.82) is 0 Å². The number of halogens is 2. The summed E-state index contributed by atoms with van der Waals surface area (Å²) in [5.41, 5.74) is 1.18. The van der Waals surface area contributed by atoms with Gasteiger partial charge in [-0.25, -0.2) is 0 Å². The van der Waals surface area contributed by atoms with Crippen molar-refractivity contribution in [3.63, 3.8) is 0 Å². The number of nitrogens with one attached hydrogen (secondary N) is 1. The molecule has 2 rings (SSSR count). The molecule has 0 saturated carbocycles. The Labute approximate surface area is 120 Å². The molecule has 18 heavy (non-hydrogen) atoms.